The summed E-state index contributed by atoms with van der Waals surface area (Å²) in [7, 11) is 0. The Bertz CT molecular complexity index is 200. The van der Waals surface area contributed by atoms with Gasteiger partial charge in [0, 0.05) is 12.6 Å². The van der Waals surface area contributed by atoms with Crippen LogP contribution in [0.15, 0.2) is 0 Å². The van der Waals surface area contributed by atoms with Crippen molar-refractivity contribution in [1.82, 2.24) is 10.6 Å². The third kappa shape index (κ3) is 6.15. The molecule has 0 aromatic carbocycles. The first-order valence-electron chi connectivity index (χ1n) is 4.41. The molecule has 0 radical (unpaired) electrons. The summed E-state index contributed by atoms with van der Waals surface area (Å²) in [6, 6.07) is -0.0292. The molecule has 0 aromatic heterocycles. The van der Waals surface area contributed by atoms with Crippen LogP contribution >= 0.6 is 25.3 Å². The lowest BCUT2D eigenvalue weighted by molar-refractivity contribution is -0.121. The highest BCUT2D eigenvalue weighted by atomic mass is 32.1. The average molecular weight is 236 g/mol. The smallest absolute Gasteiger partial charge is 0.230 e. The summed E-state index contributed by atoms with van der Waals surface area (Å²) < 4.78 is 0. The number of rotatable bonds is 6. The van der Waals surface area contributed by atoms with E-state index < -0.39 is 0 Å². The SMILES string of the molecule is CCC(CNC(=O)CS)NC(=O)CS. The van der Waals surface area contributed by atoms with E-state index in [1.165, 1.54) is 0 Å². The van der Waals surface area contributed by atoms with Crippen molar-refractivity contribution in [3.05, 3.63) is 0 Å². The maximum absolute atomic E-state index is 11.0. The van der Waals surface area contributed by atoms with Gasteiger partial charge in [0.05, 0.1) is 11.5 Å². The third-order valence-corrected chi connectivity index (χ3v) is 2.27. The van der Waals surface area contributed by atoms with Gasteiger partial charge in [0.2, 0.25) is 11.8 Å². The van der Waals surface area contributed by atoms with E-state index in [0.29, 0.717) is 6.54 Å². The molecule has 1 unspecified atom stereocenters. The highest BCUT2D eigenvalue weighted by Crippen LogP contribution is 1.90. The number of hydrogen-bond donors (Lipinski definition) is 4. The van der Waals surface area contributed by atoms with E-state index in [1.807, 2.05) is 6.92 Å². The Morgan fingerprint density at radius 3 is 2.21 bits per heavy atom. The Morgan fingerprint density at radius 1 is 1.21 bits per heavy atom. The molecular weight excluding hydrogens is 220 g/mol. The topological polar surface area (TPSA) is 58.2 Å². The molecule has 2 amide bonds. The van der Waals surface area contributed by atoms with Crippen LogP contribution < -0.4 is 10.6 Å². The molecule has 0 aromatic rings. The van der Waals surface area contributed by atoms with Gasteiger partial charge < -0.3 is 10.6 Å². The van der Waals surface area contributed by atoms with Crippen LogP contribution in [0.4, 0.5) is 0 Å². The van der Waals surface area contributed by atoms with Crippen LogP contribution in [-0.4, -0.2) is 35.9 Å². The molecule has 82 valence electrons. The average Bonchev–Trinajstić information content (AvgIpc) is 2.22. The molecule has 4 nitrogen and oxygen atoms in total. The van der Waals surface area contributed by atoms with Gasteiger partial charge in [0.15, 0.2) is 0 Å². The van der Waals surface area contributed by atoms with Gasteiger partial charge in [-0.15, -0.1) is 0 Å². The van der Waals surface area contributed by atoms with Crippen molar-refractivity contribution >= 4 is 37.1 Å². The summed E-state index contributed by atoms with van der Waals surface area (Å²) in [6.07, 6.45) is 0.770. The maximum atomic E-state index is 11.0. The molecular formula is C8H16N2O2S2. The van der Waals surface area contributed by atoms with Crippen LogP contribution in [0, 0.1) is 0 Å². The molecule has 1 atom stereocenters. The molecule has 14 heavy (non-hydrogen) atoms. The van der Waals surface area contributed by atoms with Crippen molar-refractivity contribution in [2.45, 2.75) is 19.4 Å². The molecule has 0 aliphatic heterocycles. The summed E-state index contributed by atoms with van der Waals surface area (Å²) in [4.78, 5) is 21.9. The molecule has 0 fully saturated rings. The molecule has 0 heterocycles. The highest BCUT2D eigenvalue weighted by Gasteiger charge is 2.09. The summed E-state index contributed by atoms with van der Waals surface area (Å²) in [5.74, 6) is 0.0701. The van der Waals surface area contributed by atoms with E-state index in [-0.39, 0.29) is 29.4 Å². The quantitative estimate of drug-likeness (QED) is 0.485. The lowest BCUT2D eigenvalue weighted by atomic mass is 10.2. The van der Waals surface area contributed by atoms with E-state index in [0.717, 1.165) is 6.42 Å². The van der Waals surface area contributed by atoms with Gasteiger partial charge in [-0.05, 0) is 6.42 Å². The third-order valence-electron chi connectivity index (χ3n) is 1.69. The second kappa shape index (κ2) is 7.99. The maximum Gasteiger partial charge on any atom is 0.230 e. The van der Waals surface area contributed by atoms with Gasteiger partial charge in [-0.3, -0.25) is 9.59 Å². The van der Waals surface area contributed by atoms with Gasteiger partial charge in [-0.1, -0.05) is 6.92 Å². The van der Waals surface area contributed by atoms with Crippen LogP contribution in [-0.2, 0) is 9.59 Å². The van der Waals surface area contributed by atoms with E-state index in [1.54, 1.807) is 0 Å². The van der Waals surface area contributed by atoms with E-state index in [2.05, 4.69) is 35.9 Å². The zero-order chi connectivity index (χ0) is 11.0. The Kier molecular flexibility index (Phi) is 7.78. The van der Waals surface area contributed by atoms with E-state index >= 15 is 0 Å². The number of carbonyl (C=O) groups excluding carboxylic acids is 2. The first-order valence-corrected chi connectivity index (χ1v) is 5.68. The van der Waals surface area contributed by atoms with Crippen molar-refractivity contribution in [2.75, 3.05) is 18.1 Å². The molecule has 0 saturated carbocycles. The van der Waals surface area contributed by atoms with Gasteiger partial charge in [0.1, 0.15) is 0 Å². The lowest BCUT2D eigenvalue weighted by Crippen LogP contribution is -2.44. The summed E-state index contributed by atoms with van der Waals surface area (Å²) in [5.41, 5.74) is 0. The zero-order valence-corrected chi connectivity index (χ0v) is 9.91. The second-order valence-corrected chi connectivity index (χ2v) is 3.43. The standard InChI is InChI=1S/C8H16N2O2S2/c1-2-6(10-8(12)5-14)3-9-7(11)4-13/h6,13-14H,2-5H2,1H3,(H,9,11)(H,10,12). The molecule has 0 aliphatic carbocycles. The van der Waals surface area contributed by atoms with Crippen LogP contribution in [0.5, 0.6) is 0 Å². The molecule has 2 N–H and O–H groups in total. The van der Waals surface area contributed by atoms with Crippen LogP contribution in [0.3, 0.4) is 0 Å². The molecule has 0 bridgehead atoms. The first kappa shape index (κ1) is 13.6. The monoisotopic (exact) mass is 236 g/mol. The fraction of sp³-hybridized carbons (Fsp3) is 0.750. The fourth-order valence-electron chi connectivity index (χ4n) is 0.864. The Morgan fingerprint density at radius 2 is 1.79 bits per heavy atom. The normalized spacial score (nSPS) is 11.9. The van der Waals surface area contributed by atoms with Crippen LogP contribution in [0.25, 0.3) is 0 Å². The minimum Gasteiger partial charge on any atom is -0.353 e. The fourth-order valence-corrected chi connectivity index (χ4v) is 1.07. The molecule has 0 aliphatic rings. The lowest BCUT2D eigenvalue weighted by Gasteiger charge is -2.16. The van der Waals surface area contributed by atoms with Gasteiger partial charge in [-0.2, -0.15) is 25.3 Å². The van der Waals surface area contributed by atoms with E-state index in [9.17, 15) is 9.59 Å². The van der Waals surface area contributed by atoms with Crippen LogP contribution in [0.2, 0.25) is 0 Å². The molecule has 0 saturated heterocycles. The first-order chi connectivity index (χ1) is 6.63. The van der Waals surface area contributed by atoms with Crippen LogP contribution in [0.1, 0.15) is 13.3 Å². The Balaban J connectivity index is 3.79. The Labute approximate surface area is 95.0 Å². The summed E-state index contributed by atoms with van der Waals surface area (Å²) in [5, 5.41) is 5.40. The van der Waals surface area contributed by atoms with E-state index in [4.69, 9.17) is 0 Å². The summed E-state index contributed by atoms with van der Waals surface area (Å²) >= 11 is 7.67. The van der Waals surface area contributed by atoms with Crippen molar-refractivity contribution in [3.8, 4) is 0 Å². The van der Waals surface area contributed by atoms with Crippen molar-refractivity contribution in [1.29, 1.82) is 0 Å². The van der Waals surface area contributed by atoms with Gasteiger partial charge >= 0.3 is 0 Å². The minimum atomic E-state index is -0.132. The second-order valence-electron chi connectivity index (χ2n) is 2.79. The van der Waals surface area contributed by atoms with Crippen molar-refractivity contribution in [2.24, 2.45) is 0 Å². The number of carbonyl (C=O) groups is 2. The minimum absolute atomic E-state index is 0.0292. The molecule has 6 heteroatoms. The number of hydrogen-bond acceptors (Lipinski definition) is 4. The number of thiol groups is 2. The Hall–Kier alpha value is -0.360. The van der Waals surface area contributed by atoms with Gasteiger partial charge in [0.25, 0.3) is 0 Å². The van der Waals surface area contributed by atoms with Crippen molar-refractivity contribution < 1.29 is 9.59 Å². The summed E-state index contributed by atoms with van der Waals surface area (Å²) in [6.45, 7) is 2.38. The van der Waals surface area contributed by atoms with Crippen molar-refractivity contribution in [3.63, 3.8) is 0 Å². The number of nitrogens with one attached hydrogen (secondary N) is 2. The number of amides is 2. The predicted octanol–water partition coefficient (Wildman–Crippen LogP) is -0.143. The molecule has 0 spiro atoms. The van der Waals surface area contributed by atoms with Gasteiger partial charge in [-0.25, -0.2) is 0 Å². The largest absolute Gasteiger partial charge is 0.353 e. The predicted molar refractivity (Wildman–Crippen MR) is 62.9 cm³/mol. The highest BCUT2D eigenvalue weighted by molar-refractivity contribution is 7.81. The molecule has 0 rings (SSSR count). The zero-order valence-electron chi connectivity index (χ0n) is 8.12.